The van der Waals surface area contributed by atoms with E-state index >= 15 is 0 Å². The molecule has 0 fully saturated rings. The number of fused-ring (bicyclic) bond motifs is 16. The average Bonchev–Trinajstić information content (AvgIpc) is 3.99. The van der Waals surface area contributed by atoms with E-state index in [4.69, 9.17) is 0 Å². The first-order chi connectivity index (χ1) is 33.9. The molecule has 2 aliphatic carbocycles. The second-order valence-corrected chi connectivity index (χ2v) is 23.2. The van der Waals surface area contributed by atoms with Gasteiger partial charge in [-0.15, -0.1) is 11.3 Å². The lowest BCUT2D eigenvalue weighted by atomic mass is 9.36. The summed E-state index contributed by atoms with van der Waals surface area (Å²) in [6.45, 7) is 16.3. The summed E-state index contributed by atoms with van der Waals surface area (Å²) in [6, 6.07) is 74.4. The van der Waals surface area contributed by atoms with Crippen molar-refractivity contribution in [2.75, 3.05) is 9.80 Å². The fourth-order valence-electron chi connectivity index (χ4n) is 13.1. The van der Waals surface area contributed by atoms with Crippen molar-refractivity contribution in [1.29, 1.82) is 0 Å². The van der Waals surface area contributed by atoms with Crippen LogP contribution in [0.15, 0.2) is 194 Å². The van der Waals surface area contributed by atoms with E-state index in [-0.39, 0.29) is 17.5 Å². The first-order valence-electron chi connectivity index (χ1n) is 25.0. The molecular weight excluding hydrogens is 864 g/mol. The maximum Gasteiger partial charge on any atom is 0.264 e. The first kappa shape index (κ1) is 41.6. The van der Waals surface area contributed by atoms with Crippen molar-refractivity contribution in [3.05, 3.63) is 233 Å². The molecule has 1 spiro atoms. The van der Waals surface area contributed by atoms with Gasteiger partial charge in [0.15, 0.2) is 0 Å². The van der Waals surface area contributed by atoms with Gasteiger partial charge in [0.05, 0.1) is 11.1 Å². The average molecular weight is 917 g/mol. The summed E-state index contributed by atoms with van der Waals surface area (Å²) in [6.07, 6.45) is 0. The number of rotatable bonds is 3. The Morgan fingerprint density at radius 1 is 0.457 bits per heavy atom. The van der Waals surface area contributed by atoms with Crippen LogP contribution in [0, 0.1) is 6.92 Å². The molecule has 4 aliphatic rings. The Balaban J connectivity index is 1.08. The Hall–Kier alpha value is -7.40. The van der Waals surface area contributed by atoms with Crippen LogP contribution in [-0.4, -0.2) is 6.71 Å². The zero-order chi connectivity index (χ0) is 47.4. The molecule has 0 radical (unpaired) electrons. The minimum Gasteiger partial charge on any atom is -0.311 e. The second kappa shape index (κ2) is 14.6. The highest BCUT2D eigenvalue weighted by Gasteiger charge is 2.52. The lowest BCUT2D eigenvalue weighted by Crippen LogP contribution is -2.60. The van der Waals surface area contributed by atoms with E-state index in [1.807, 2.05) is 11.3 Å². The number of thiophene rings is 1. The molecule has 9 aromatic carbocycles. The van der Waals surface area contributed by atoms with E-state index in [2.05, 4.69) is 252 Å². The van der Waals surface area contributed by atoms with Gasteiger partial charge in [-0.2, -0.15) is 0 Å². The molecule has 1 aromatic heterocycles. The quantitative estimate of drug-likeness (QED) is 0.163. The Kier molecular flexibility index (Phi) is 8.65. The highest BCUT2D eigenvalue weighted by molar-refractivity contribution is 7.33. The van der Waals surface area contributed by atoms with Gasteiger partial charge in [0.2, 0.25) is 0 Å². The molecule has 3 heterocycles. The van der Waals surface area contributed by atoms with E-state index in [0.29, 0.717) is 0 Å². The van der Waals surface area contributed by atoms with Gasteiger partial charge in [0.25, 0.3) is 6.71 Å². The molecular formula is C66H53BN2S. The lowest BCUT2D eigenvalue weighted by molar-refractivity contribution is 0.572. The fraction of sp³-hybridized carbons (Fsp3) is 0.152. The van der Waals surface area contributed by atoms with Gasteiger partial charge >= 0.3 is 0 Å². The predicted molar refractivity (Wildman–Crippen MR) is 300 cm³/mol. The fourth-order valence-corrected chi connectivity index (χ4v) is 14.4. The molecule has 10 aromatic rings. The maximum atomic E-state index is 2.60. The van der Waals surface area contributed by atoms with Crippen LogP contribution >= 0.6 is 11.3 Å². The Labute approximate surface area is 416 Å². The van der Waals surface area contributed by atoms with Crippen molar-refractivity contribution in [3.63, 3.8) is 0 Å². The highest BCUT2D eigenvalue weighted by atomic mass is 32.1. The van der Waals surface area contributed by atoms with Gasteiger partial charge < -0.3 is 9.80 Å². The summed E-state index contributed by atoms with van der Waals surface area (Å²) in [5.74, 6) is 0. The highest BCUT2D eigenvalue weighted by Crippen LogP contribution is 2.64. The van der Waals surface area contributed by atoms with E-state index < -0.39 is 5.41 Å². The number of hydrogen-bond donors (Lipinski definition) is 0. The maximum absolute atomic E-state index is 2.60. The van der Waals surface area contributed by atoms with Crippen molar-refractivity contribution in [2.45, 2.75) is 64.7 Å². The smallest absolute Gasteiger partial charge is 0.264 e. The summed E-state index contributed by atoms with van der Waals surface area (Å²) < 4.78 is 2.71. The Bertz CT molecular complexity index is 3750. The van der Waals surface area contributed by atoms with Crippen molar-refractivity contribution in [2.24, 2.45) is 0 Å². The zero-order valence-corrected chi connectivity index (χ0v) is 41.7. The third kappa shape index (κ3) is 5.57. The van der Waals surface area contributed by atoms with Crippen LogP contribution in [0.1, 0.15) is 80.5 Å². The van der Waals surface area contributed by atoms with Crippen LogP contribution in [-0.2, 0) is 16.2 Å². The number of para-hydroxylation sites is 1. The second-order valence-electron chi connectivity index (χ2n) is 22.1. The zero-order valence-electron chi connectivity index (χ0n) is 40.9. The summed E-state index contributed by atoms with van der Waals surface area (Å²) in [5.41, 5.74) is 27.0. The van der Waals surface area contributed by atoms with Crippen LogP contribution < -0.4 is 25.5 Å². The van der Waals surface area contributed by atoms with Crippen LogP contribution in [0.2, 0.25) is 0 Å². The van der Waals surface area contributed by atoms with Crippen LogP contribution in [0.25, 0.3) is 43.5 Å². The largest absolute Gasteiger partial charge is 0.311 e. The number of benzene rings is 9. The van der Waals surface area contributed by atoms with E-state index in [1.165, 1.54) is 127 Å². The summed E-state index contributed by atoms with van der Waals surface area (Å²) >= 11 is 2.00. The van der Waals surface area contributed by atoms with Crippen molar-refractivity contribution >= 4 is 78.0 Å². The van der Waals surface area contributed by atoms with Crippen LogP contribution in [0.3, 0.4) is 0 Å². The molecule has 4 heteroatoms. The van der Waals surface area contributed by atoms with E-state index in [1.54, 1.807) is 0 Å². The molecule has 0 unspecified atom stereocenters. The number of hydrogen-bond acceptors (Lipinski definition) is 3. The van der Waals surface area contributed by atoms with Crippen LogP contribution in [0.4, 0.5) is 34.1 Å². The molecule has 0 amide bonds. The SMILES string of the molecule is Cc1ccc(N2c3cccc4c3B(c3ccc(-c5c(C(C)(C)C)cccc5C(C)(C)C)cc3N4c3ccccc3)c3sc4cc5c(cc4c32)-c2ccccc2C52c3ccccc3-c3ccccc32)cc1. The molecule has 14 rings (SSSR count). The third-order valence-corrected chi connectivity index (χ3v) is 17.2. The molecule has 0 N–H and O–H groups in total. The monoisotopic (exact) mass is 916 g/mol. The van der Waals surface area contributed by atoms with Gasteiger partial charge in [-0.05, 0) is 150 Å². The Morgan fingerprint density at radius 2 is 1.00 bits per heavy atom. The van der Waals surface area contributed by atoms with Gasteiger partial charge in [0, 0.05) is 43.3 Å². The lowest BCUT2D eigenvalue weighted by Gasteiger charge is -2.43. The van der Waals surface area contributed by atoms with Gasteiger partial charge in [0.1, 0.15) is 0 Å². The molecule has 336 valence electrons. The molecule has 2 nitrogen and oxygen atoms in total. The van der Waals surface area contributed by atoms with E-state index in [0.717, 1.165) is 5.69 Å². The minimum atomic E-state index is -0.413. The van der Waals surface area contributed by atoms with E-state index in [9.17, 15) is 0 Å². The minimum absolute atomic E-state index is 0.00766. The van der Waals surface area contributed by atoms with Gasteiger partial charge in [-0.3, -0.25) is 0 Å². The molecule has 0 atom stereocenters. The summed E-state index contributed by atoms with van der Waals surface area (Å²) in [5, 5.41) is 1.30. The normalized spacial score (nSPS) is 14.5. The number of nitrogens with zero attached hydrogens (tertiary/aromatic N) is 2. The number of aryl methyl sites for hydroxylation is 1. The molecule has 0 bridgehead atoms. The van der Waals surface area contributed by atoms with Crippen molar-refractivity contribution in [1.82, 2.24) is 0 Å². The van der Waals surface area contributed by atoms with Crippen molar-refractivity contribution < 1.29 is 0 Å². The van der Waals surface area contributed by atoms with Gasteiger partial charge in [-0.1, -0.05) is 187 Å². The third-order valence-electron chi connectivity index (χ3n) is 16.0. The predicted octanol–water partition coefficient (Wildman–Crippen LogP) is 15.9. The molecule has 70 heavy (non-hydrogen) atoms. The summed E-state index contributed by atoms with van der Waals surface area (Å²) in [7, 11) is 0. The van der Waals surface area contributed by atoms with Crippen molar-refractivity contribution in [3.8, 4) is 33.4 Å². The Morgan fingerprint density at radius 3 is 1.61 bits per heavy atom. The standard InChI is InChI=1S/C66H53BN2S/c1-40-31-34-43(35-32-40)69-57-30-18-29-56-61(57)67(55-36-33-41(37-58(55)68(56)42-19-9-8-10-20-42)60-52(64(2,3)4)27-17-28-53(60)65(5,6)7)63-62(69)48-38-47-46-23-13-16-26-51(46)66(54(47)39-59(48)70-63)49-24-14-11-21-44(49)45-22-12-15-25-50(45)66/h8-39H,1-7H3. The van der Waals surface area contributed by atoms with Crippen LogP contribution in [0.5, 0.6) is 0 Å². The molecule has 2 aliphatic heterocycles. The topological polar surface area (TPSA) is 6.48 Å². The van der Waals surface area contributed by atoms with Gasteiger partial charge in [-0.25, -0.2) is 0 Å². The summed E-state index contributed by atoms with van der Waals surface area (Å²) in [4.78, 5) is 5.16. The first-order valence-corrected chi connectivity index (χ1v) is 25.8. The number of anilines is 6. The molecule has 0 saturated heterocycles. The molecule has 0 saturated carbocycles.